The molecule has 0 spiro atoms. The van der Waals surface area contributed by atoms with Gasteiger partial charge in [0.15, 0.2) is 0 Å². The third kappa shape index (κ3) is 3.60. The van der Waals surface area contributed by atoms with E-state index in [9.17, 15) is 8.42 Å². The maximum Gasteiger partial charge on any atom is 0.262 e. The zero-order valence-electron chi connectivity index (χ0n) is 11.7. The van der Waals surface area contributed by atoms with Crippen LogP contribution in [0.2, 0.25) is 0 Å². The van der Waals surface area contributed by atoms with Crippen LogP contribution < -0.4 is 10.5 Å². The van der Waals surface area contributed by atoms with E-state index >= 15 is 0 Å². The lowest BCUT2D eigenvalue weighted by Crippen LogP contribution is -2.14. The van der Waals surface area contributed by atoms with Crippen LogP contribution in [-0.4, -0.2) is 13.5 Å². The molecule has 5 nitrogen and oxygen atoms in total. The number of aryl methyl sites for hydroxylation is 1. The van der Waals surface area contributed by atoms with Crippen LogP contribution in [0.25, 0.3) is 0 Å². The zero-order chi connectivity index (χ0) is 15.5. The summed E-state index contributed by atoms with van der Waals surface area (Å²) in [5, 5.41) is 8.98. The number of anilines is 1. The van der Waals surface area contributed by atoms with Crippen molar-refractivity contribution < 1.29 is 13.5 Å². The van der Waals surface area contributed by atoms with Crippen LogP contribution in [0, 0.1) is 6.92 Å². The highest BCUT2D eigenvalue weighted by atomic mass is 32.2. The Kier molecular flexibility index (Phi) is 4.62. The van der Waals surface area contributed by atoms with Crippen molar-refractivity contribution in [2.24, 2.45) is 5.73 Å². The fourth-order valence-corrected chi connectivity index (χ4v) is 3.31. The molecular formula is C15H18N2O3S. The Morgan fingerprint density at radius 2 is 1.71 bits per heavy atom. The molecule has 0 fully saturated rings. The molecule has 0 aromatic heterocycles. The van der Waals surface area contributed by atoms with Crippen LogP contribution in [0.4, 0.5) is 5.69 Å². The first-order valence-corrected chi connectivity index (χ1v) is 7.97. The highest BCUT2D eigenvalue weighted by molar-refractivity contribution is 7.92. The first-order chi connectivity index (χ1) is 9.96. The normalized spacial score (nSPS) is 11.4. The number of benzene rings is 2. The summed E-state index contributed by atoms with van der Waals surface area (Å²) < 4.78 is 27.3. The van der Waals surface area contributed by atoms with Gasteiger partial charge in [0.1, 0.15) is 0 Å². The highest BCUT2D eigenvalue weighted by Gasteiger charge is 2.17. The second-order valence-corrected chi connectivity index (χ2v) is 6.42. The van der Waals surface area contributed by atoms with Crippen molar-refractivity contribution >= 4 is 15.7 Å². The van der Waals surface area contributed by atoms with Gasteiger partial charge in [-0.2, -0.15) is 0 Å². The molecule has 0 aliphatic rings. The average Bonchev–Trinajstić information content (AvgIpc) is 2.47. The third-order valence-corrected chi connectivity index (χ3v) is 4.69. The van der Waals surface area contributed by atoms with Crippen LogP contribution >= 0.6 is 0 Å². The Morgan fingerprint density at radius 3 is 2.24 bits per heavy atom. The second kappa shape index (κ2) is 6.26. The number of aliphatic hydroxyl groups excluding tert-OH is 1. The Bertz CT molecular complexity index is 725. The van der Waals surface area contributed by atoms with Gasteiger partial charge in [-0.15, -0.1) is 0 Å². The molecule has 0 bridgehead atoms. The van der Waals surface area contributed by atoms with E-state index in [0.29, 0.717) is 17.8 Å². The molecule has 0 saturated heterocycles. The van der Waals surface area contributed by atoms with Gasteiger partial charge in [-0.05, 0) is 41.8 Å². The fraction of sp³-hybridized carbons (Fsp3) is 0.200. The molecule has 0 saturated carbocycles. The van der Waals surface area contributed by atoms with Crippen molar-refractivity contribution in [2.75, 3.05) is 4.72 Å². The van der Waals surface area contributed by atoms with E-state index in [2.05, 4.69) is 4.72 Å². The van der Waals surface area contributed by atoms with Gasteiger partial charge in [-0.1, -0.05) is 24.3 Å². The lowest BCUT2D eigenvalue weighted by atomic mass is 10.1. The largest absolute Gasteiger partial charge is 0.392 e. The minimum absolute atomic E-state index is 0.0767. The molecule has 0 atom stereocenters. The van der Waals surface area contributed by atoms with Gasteiger partial charge < -0.3 is 10.8 Å². The number of aliphatic hydroxyl groups is 1. The highest BCUT2D eigenvalue weighted by Crippen LogP contribution is 2.20. The summed E-state index contributed by atoms with van der Waals surface area (Å²) in [7, 11) is -3.64. The van der Waals surface area contributed by atoms with E-state index in [1.54, 1.807) is 49.4 Å². The molecule has 112 valence electrons. The van der Waals surface area contributed by atoms with E-state index in [4.69, 9.17) is 10.8 Å². The minimum Gasteiger partial charge on any atom is -0.392 e. The van der Waals surface area contributed by atoms with E-state index in [1.807, 2.05) is 0 Å². The Hall–Kier alpha value is -1.89. The van der Waals surface area contributed by atoms with E-state index in [0.717, 1.165) is 11.1 Å². The van der Waals surface area contributed by atoms with Crippen LogP contribution in [0.1, 0.15) is 16.7 Å². The maximum atomic E-state index is 12.4. The van der Waals surface area contributed by atoms with Gasteiger partial charge in [0, 0.05) is 12.2 Å². The minimum atomic E-state index is -3.64. The molecule has 21 heavy (non-hydrogen) atoms. The van der Waals surface area contributed by atoms with Gasteiger partial charge in [0.25, 0.3) is 10.0 Å². The van der Waals surface area contributed by atoms with Crippen molar-refractivity contribution in [3.63, 3.8) is 0 Å². The summed E-state index contributed by atoms with van der Waals surface area (Å²) in [6.45, 7) is 2.03. The summed E-state index contributed by atoms with van der Waals surface area (Å²) in [6, 6.07) is 11.6. The van der Waals surface area contributed by atoms with Crippen LogP contribution in [0.5, 0.6) is 0 Å². The number of hydrogen-bond donors (Lipinski definition) is 3. The first-order valence-electron chi connectivity index (χ1n) is 6.48. The lowest BCUT2D eigenvalue weighted by Gasteiger charge is -2.11. The third-order valence-electron chi connectivity index (χ3n) is 3.15. The molecule has 4 N–H and O–H groups in total. The molecule has 0 heterocycles. The van der Waals surface area contributed by atoms with E-state index in [1.165, 1.54) is 0 Å². The summed E-state index contributed by atoms with van der Waals surface area (Å²) in [5.41, 5.74) is 8.26. The molecule has 6 heteroatoms. The van der Waals surface area contributed by atoms with Gasteiger partial charge in [0.05, 0.1) is 11.5 Å². The van der Waals surface area contributed by atoms with Gasteiger partial charge in [0.2, 0.25) is 0 Å². The van der Waals surface area contributed by atoms with Crippen molar-refractivity contribution in [3.05, 3.63) is 59.2 Å². The monoisotopic (exact) mass is 306 g/mol. The number of nitrogens with one attached hydrogen (secondary N) is 1. The molecule has 2 rings (SSSR count). The Morgan fingerprint density at radius 1 is 1.10 bits per heavy atom. The fourth-order valence-electron chi connectivity index (χ4n) is 2.03. The quantitative estimate of drug-likeness (QED) is 0.784. The molecule has 0 aliphatic heterocycles. The zero-order valence-corrected chi connectivity index (χ0v) is 12.5. The molecule has 0 unspecified atom stereocenters. The maximum absolute atomic E-state index is 12.4. The first kappa shape index (κ1) is 15.5. The Balaban J connectivity index is 2.29. The Labute approximate surface area is 124 Å². The van der Waals surface area contributed by atoms with Crippen molar-refractivity contribution in [2.45, 2.75) is 25.0 Å². The smallest absolute Gasteiger partial charge is 0.262 e. The number of sulfonamides is 1. The van der Waals surface area contributed by atoms with Gasteiger partial charge in [-0.3, -0.25) is 4.72 Å². The van der Waals surface area contributed by atoms with Crippen molar-refractivity contribution in [1.29, 1.82) is 0 Å². The lowest BCUT2D eigenvalue weighted by molar-refractivity contribution is 0.282. The number of rotatable bonds is 5. The molecule has 0 amide bonds. The topological polar surface area (TPSA) is 92.4 Å². The SMILES string of the molecule is Cc1cc(CN)ccc1S(=O)(=O)Nc1ccc(CO)cc1. The summed E-state index contributed by atoms with van der Waals surface area (Å²) in [6.07, 6.45) is 0. The number of hydrogen-bond acceptors (Lipinski definition) is 4. The van der Waals surface area contributed by atoms with Crippen LogP contribution in [0.3, 0.4) is 0 Å². The second-order valence-electron chi connectivity index (χ2n) is 4.76. The summed E-state index contributed by atoms with van der Waals surface area (Å²) in [5.74, 6) is 0. The van der Waals surface area contributed by atoms with Crippen LogP contribution in [-0.2, 0) is 23.2 Å². The summed E-state index contributed by atoms with van der Waals surface area (Å²) >= 11 is 0. The standard InChI is InChI=1S/C15H18N2O3S/c1-11-8-13(9-16)4-7-15(11)21(19,20)17-14-5-2-12(10-18)3-6-14/h2-8,17-18H,9-10,16H2,1H3. The molecule has 0 aliphatic carbocycles. The molecule has 2 aromatic rings. The predicted octanol–water partition coefficient (Wildman–Crippen LogP) is 1.75. The van der Waals surface area contributed by atoms with E-state index < -0.39 is 10.0 Å². The van der Waals surface area contributed by atoms with Gasteiger partial charge >= 0.3 is 0 Å². The average molecular weight is 306 g/mol. The van der Waals surface area contributed by atoms with Crippen molar-refractivity contribution in [1.82, 2.24) is 0 Å². The molecular weight excluding hydrogens is 288 g/mol. The number of nitrogens with two attached hydrogens (primary N) is 1. The molecule has 0 radical (unpaired) electrons. The predicted molar refractivity (Wildman–Crippen MR) is 82.2 cm³/mol. The van der Waals surface area contributed by atoms with Crippen molar-refractivity contribution in [3.8, 4) is 0 Å². The molecule has 2 aromatic carbocycles. The van der Waals surface area contributed by atoms with Gasteiger partial charge in [-0.25, -0.2) is 8.42 Å². The summed E-state index contributed by atoms with van der Waals surface area (Å²) in [4.78, 5) is 0.228. The van der Waals surface area contributed by atoms with Crippen LogP contribution in [0.15, 0.2) is 47.4 Å². The van der Waals surface area contributed by atoms with E-state index in [-0.39, 0.29) is 11.5 Å².